The summed E-state index contributed by atoms with van der Waals surface area (Å²) in [5, 5.41) is 14.9. The van der Waals surface area contributed by atoms with E-state index in [2.05, 4.69) is 30.3 Å². The Balaban J connectivity index is 1.58. The van der Waals surface area contributed by atoms with Crippen molar-refractivity contribution in [3.05, 3.63) is 142 Å². The van der Waals surface area contributed by atoms with E-state index in [0.29, 0.717) is 28.1 Å². The van der Waals surface area contributed by atoms with Crippen LogP contribution in [0.5, 0.6) is 0 Å². The molecule has 240 valence electrons. The summed E-state index contributed by atoms with van der Waals surface area (Å²) in [6.45, 7) is 9.86. The van der Waals surface area contributed by atoms with Gasteiger partial charge in [0.2, 0.25) is 0 Å². The van der Waals surface area contributed by atoms with E-state index in [-0.39, 0.29) is 5.56 Å². The minimum atomic E-state index is -4.61. The molecule has 2 heterocycles. The van der Waals surface area contributed by atoms with E-state index in [1.54, 1.807) is 25.1 Å². The van der Waals surface area contributed by atoms with E-state index in [0.717, 1.165) is 71.9 Å². The van der Waals surface area contributed by atoms with Crippen LogP contribution in [-0.2, 0) is 6.18 Å². The van der Waals surface area contributed by atoms with Crippen LogP contribution in [0.15, 0.2) is 103 Å². The van der Waals surface area contributed by atoms with Gasteiger partial charge >= 0.3 is 6.18 Å². The van der Waals surface area contributed by atoms with Crippen LogP contribution >= 0.6 is 0 Å². The number of nitrogens with zero attached hydrogens (tertiary/aromatic N) is 3. The average Bonchev–Trinajstić information content (AvgIpc) is 3.54. The van der Waals surface area contributed by atoms with Crippen molar-refractivity contribution < 1.29 is 13.2 Å². The molecule has 6 heteroatoms. The predicted molar refractivity (Wildman–Crippen MR) is 194 cm³/mol. The molecule has 0 amide bonds. The Kier molecular flexibility index (Phi) is 6.77. The molecule has 0 saturated heterocycles. The highest BCUT2D eigenvalue weighted by Gasteiger charge is 2.35. The van der Waals surface area contributed by atoms with E-state index < -0.39 is 11.7 Å². The van der Waals surface area contributed by atoms with Gasteiger partial charge in [0.15, 0.2) is 0 Å². The van der Waals surface area contributed by atoms with E-state index in [1.807, 2.05) is 85.4 Å². The Hall–Kier alpha value is -5.80. The monoisotopic (exact) mass is 647 g/mol. The number of hydrogen-bond donors (Lipinski definition) is 0. The minimum absolute atomic E-state index is 0.0948. The first-order valence-corrected chi connectivity index (χ1v) is 16.2. The zero-order valence-electron chi connectivity index (χ0n) is 27.8. The Labute approximate surface area is 282 Å². The highest BCUT2D eigenvalue weighted by atomic mass is 19.4. The van der Waals surface area contributed by atoms with Crippen molar-refractivity contribution in [2.75, 3.05) is 0 Å². The van der Waals surface area contributed by atoms with Crippen molar-refractivity contribution in [1.29, 1.82) is 5.26 Å². The molecule has 8 aromatic rings. The molecule has 0 fully saturated rings. The molecule has 0 aliphatic heterocycles. The van der Waals surface area contributed by atoms with Crippen LogP contribution < -0.4 is 0 Å². The van der Waals surface area contributed by atoms with Crippen molar-refractivity contribution in [3.63, 3.8) is 0 Å². The number of benzene rings is 6. The van der Waals surface area contributed by atoms with Gasteiger partial charge in [0.1, 0.15) is 6.07 Å². The summed E-state index contributed by atoms with van der Waals surface area (Å²) >= 11 is 0. The summed E-state index contributed by atoms with van der Waals surface area (Å²) in [6.07, 6.45) is -4.61. The SMILES string of the molecule is Cc1ccc2c(c1)c1cc(C)ccc1n2-c1cc(-c2c(C)cccc2C(F)(F)F)c(-n2c3ccc(C)cc3c3cc(C)ccc32)cc1C#N. The Morgan fingerprint density at radius 1 is 0.531 bits per heavy atom. The van der Waals surface area contributed by atoms with Crippen molar-refractivity contribution in [2.45, 2.75) is 40.8 Å². The summed E-state index contributed by atoms with van der Waals surface area (Å²) < 4.78 is 48.8. The summed E-state index contributed by atoms with van der Waals surface area (Å²) in [5.41, 5.74) is 9.48. The minimum Gasteiger partial charge on any atom is -0.309 e. The third-order valence-electron chi connectivity index (χ3n) is 9.72. The Morgan fingerprint density at radius 2 is 0.959 bits per heavy atom. The highest BCUT2D eigenvalue weighted by molar-refractivity contribution is 6.12. The molecule has 0 atom stereocenters. The molecular formula is C43H32F3N3. The first-order chi connectivity index (χ1) is 23.4. The molecule has 8 rings (SSSR count). The Bertz CT molecular complexity index is 2600. The van der Waals surface area contributed by atoms with E-state index >= 15 is 0 Å². The van der Waals surface area contributed by atoms with Gasteiger partial charge in [-0.2, -0.15) is 18.4 Å². The van der Waals surface area contributed by atoms with Gasteiger partial charge in [0.25, 0.3) is 0 Å². The lowest BCUT2D eigenvalue weighted by Crippen LogP contribution is -2.10. The average molecular weight is 648 g/mol. The van der Waals surface area contributed by atoms with Crippen LogP contribution in [0.4, 0.5) is 13.2 Å². The number of nitriles is 1. The maximum Gasteiger partial charge on any atom is 0.417 e. The van der Waals surface area contributed by atoms with Crippen LogP contribution in [0, 0.1) is 45.9 Å². The van der Waals surface area contributed by atoms with Crippen LogP contribution in [0.3, 0.4) is 0 Å². The zero-order chi connectivity index (χ0) is 34.4. The maximum atomic E-state index is 14.9. The fourth-order valence-electron chi connectivity index (χ4n) is 7.52. The molecule has 0 aliphatic carbocycles. The smallest absolute Gasteiger partial charge is 0.309 e. The first kappa shape index (κ1) is 30.5. The molecule has 0 spiro atoms. The van der Waals surface area contributed by atoms with Gasteiger partial charge in [-0.3, -0.25) is 0 Å². The third kappa shape index (κ3) is 4.72. The van der Waals surface area contributed by atoms with Gasteiger partial charge in [-0.25, -0.2) is 0 Å². The van der Waals surface area contributed by atoms with Crippen LogP contribution in [0.25, 0.3) is 66.1 Å². The number of aromatic nitrogens is 2. The molecule has 3 nitrogen and oxygen atoms in total. The second-order valence-electron chi connectivity index (χ2n) is 13.2. The van der Waals surface area contributed by atoms with Crippen molar-refractivity contribution in [2.24, 2.45) is 0 Å². The quantitative estimate of drug-likeness (QED) is 0.188. The summed E-state index contributed by atoms with van der Waals surface area (Å²) in [7, 11) is 0. The van der Waals surface area contributed by atoms with E-state index in [4.69, 9.17) is 0 Å². The fourth-order valence-corrected chi connectivity index (χ4v) is 7.52. The predicted octanol–water partition coefficient (Wildman–Crippen LogP) is 12.0. The molecular weight excluding hydrogens is 615 g/mol. The summed E-state index contributed by atoms with van der Waals surface area (Å²) in [5.74, 6) is 0. The van der Waals surface area contributed by atoms with Gasteiger partial charge in [-0.05, 0) is 112 Å². The van der Waals surface area contributed by atoms with Crippen LogP contribution in [0.2, 0.25) is 0 Å². The van der Waals surface area contributed by atoms with Gasteiger partial charge < -0.3 is 9.13 Å². The van der Waals surface area contributed by atoms with Crippen LogP contribution in [0.1, 0.15) is 38.9 Å². The molecule has 49 heavy (non-hydrogen) atoms. The highest BCUT2D eigenvalue weighted by Crippen LogP contribution is 2.45. The number of fused-ring (bicyclic) bond motifs is 6. The summed E-state index contributed by atoms with van der Waals surface area (Å²) in [6, 6.07) is 35.0. The molecule has 0 saturated carbocycles. The van der Waals surface area contributed by atoms with E-state index in [1.165, 1.54) is 6.07 Å². The van der Waals surface area contributed by atoms with Crippen molar-refractivity contribution >= 4 is 43.6 Å². The maximum absolute atomic E-state index is 14.9. The normalized spacial score (nSPS) is 12.1. The molecule has 2 aromatic heterocycles. The van der Waals surface area contributed by atoms with Gasteiger partial charge in [0.05, 0.1) is 44.6 Å². The number of alkyl halides is 3. The Morgan fingerprint density at radius 3 is 1.37 bits per heavy atom. The van der Waals surface area contributed by atoms with Gasteiger partial charge in [0, 0.05) is 27.1 Å². The lowest BCUT2D eigenvalue weighted by atomic mass is 9.91. The van der Waals surface area contributed by atoms with Gasteiger partial charge in [-0.15, -0.1) is 0 Å². The fraction of sp³-hybridized carbons (Fsp3) is 0.140. The summed E-state index contributed by atoms with van der Waals surface area (Å²) in [4.78, 5) is 0. The zero-order valence-corrected chi connectivity index (χ0v) is 27.8. The second-order valence-corrected chi connectivity index (χ2v) is 13.2. The van der Waals surface area contributed by atoms with Gasteiger partial charge in [-0.1, -0.05) is 58.7 Å². The van der Waals surface area contributed by atoms with Crippen molar-refractivity contribution in [3.8, 4) is 28.6 Å². The molecule has 0 aliphatic rings. The molecule has 6 aromatic carbocycles. The number of halogens is 3. The molecule has 0 radical (unpaired) electrons. The number of aryl methyl sites for hydroxylation is 5. The number of rotatable bonds is 3. The number of hydrogen-bond acceptors (Lipinski definition) is 1. The molecule has 0 N–H and O–H groups in total. The second kappa shape index (κ2) is 10.9. The standard InChI is InChI=1S/C43H32F3N3/c1-24-9-13-36-30(17-24)31-18-25(2)10-14-37(31)48(36)40-22-34(42-28(5)7-6-8-35(42)43(44,45)46)41(21-29(40)23-47)49-38-15-11-26(3)19-32(38)33-20-27(4)12-16-39(33)49/h6-22H,1-5H3. The third-order valence-corrected chi connectivity index (χ3v) is 9.72. The largest absolute Gasteiger partial charge is 0.417 e. The first-order valence-electron chi connectivity index (χ1n) is 16.2. The lowest BCUT2D eigenvalue weighted by Gasteiger charge is -2.22. The molecule has 0 bridgehead atoms. The molecule has 0 unspecified atom stereocenters. The lowest BCUT2D eigenvalue weighted by molar-refractivity contribution is -0.137. The topological polar surface area (TPSA) is 33.6 Å². The van der Waals surface area contributed by atoms with E-state index in [9.17, 15) is 18.4 Å². The van der Waals surface area contributed by atoms with Crippen LogP contribution in [-0.4, -0.2) is 9.13 Å². The van der Waals surface area contributed by atoms with Crippen molar-refractivity contribution in [1.82, 2.24) is 9.13 Å².